The van der Waals surface area contributed by atoms with Crippen molar-refractivity contribution in [2.75, 3.05) is 25.5 Å². The van der Waals surface area contributed by atoms with Gasteiger partial charge in [0.25, 0.3) is 0 Å². The molecule has 2 amide bonds. The highest BCUT2D eigenvalue weighted by atomic mass is 16.5. The molecule has 1 saturated heterocycles. The zero-order valence-electron chi connectivity index (χ0n) is 14.2. The van der Waals surface area contributed by atoms with Crippen LogP contribution in [0.1, 0.15) is 43.0 Å². The van der Waals surface area contributed by atoms with Gasteiger partial charge in [0, 0.05) is 25.4 Å². The van der Waals surface area contributed by atoms with Crippen molar-refractivity contribution in [2.24, 2.45) is 5.92 Å². The van der Waals surface area contributed by atoms with Crippen LogP contribution < -0.4 is 5.32 Å². The fourth-order valence-corrected chi connectivity index (χ4v) is 2.88. The molecule has 0 aromatic heterocycles. The van der Waals surface area contributed by atoms with Crippen molar-refractivity contribution in [2.45, 2.75) is 32.6 Å². The minimum Gasteiger partial charge on any atom is -0.465 e. The van der Waals surface area contributed by atoms with E-state index in [2.05, 4.69) is 5.32 Å². The predicted octanol–water partition coefficient (Wildman–Crippen LogP) is 2.45. The van der Waals surface area contributed by atoms with Gasteiger partial charge in [-0.2, -0.15) is 0 Å². The zero-order chi connectivity index (χ0) is 17.5. The summed E-state index contributed by atoms with van der Waals surface area (Å²) in [6, 6.07) is 6.78. The number of nitrogens with zero attached hydrogens (tertiary/aromatic N) is 1. The number of esters is 1. The third-order valence-corrected chi connectivity index (χ3v) is 4.27. The van der Waals surface area contributed by atoms with Crippen molar-refractivity contribution in [3.63, 3.8) is 0 Å². The number of methoxy groups -OCH3 is 1. The summed E-state index contributed by atoms with van der Waals surface area (Å²) in [6.45, 7) is 3.20. The van der Waals surface area contributed by atoms with Gasteiger partial charge in [-0.15, -0.1) is 0 Å². The molecule has 6 heteroatoms. The summed E-state index contributed by atoms with van der Waals surface area (Å²) in [5, 5.41) is 2.82. The largest absolute Gasteiger partial charge is 0.465 e. The van der Waals surface area contributed by atoms with Gasteiger partial charge in [-0.3, -0.25) is 9.59 Å². The van der Waals surface area contributed by atoms with E-state index in [0.29, 0.717) is 43.6 Å². The fraction of sp³-hybridized carbons (Fsp3) is 0.500. The second-order valence-electron chi connectivity index (χ2n) is 5.93. The second kappa shape index (κ2) is 8.47. The summed E-state index contributed by atoms with van der Waals surface area (Å²) in [4.78, 5) is 37.9. The Hall–Kier alpha value is -2.37. The van der Waals surface area contributed by atoms with E-state index in [0.717, 1.165) is 6.42 Å². The molecule has 1 N–H and O–H groups in total. The second-order valence-corrected chi connectivity index (χ2v) is 5.93. The van der Waals surface area contributed by atoms with E-state index < -0.39 is 5.97 Å². The quantitative estimate of drug-likeness (QED) is 0.840. The number of ether oxygens (including phenoxy) is 1. The minimum atomic E-state index is -0.481. The van der Waals surface area contributed by atoms with Gasteiger partial charge in [0.1, 0.15) is 0 Å². The highest BCUT2D eigenvalue weighted by molar-refractivity contribution is 6.01. The number of para-hydroxylation sites is 1. The molecule has 0 atom stereocenters. The van der Waals surface area contributed by atoms with Crippen molar-refractivity contribution in [1.29, 1.82) is 0 Å². The summed E-state index contributed by atoms with van der Waals surface area (Å²) in [6.07, 6.45) is 2.68. The van der Waals surface area contributed by atoms with Crippen LogP contribution in [0, 0.1) is 5.92 Å². The number of hydrogen-bond acceptors (Lipinski definition) is 4. The van der Waals surface area contributed by atoms with Crippen molar-refractivity contribution >= 4 is 23.5 Å². The zero-order valence-corrected chi connectivity index (χ0v) is 14.2. The number of hydrogen-bond donors (Lipinski definition) is 1. The first-order valence-electron chi connectivity index (χ1n) is 8.32. The number of anilines is 1. The standard InChI is InChI=1S/C18H24N2O4/c1-3-6-16(21)20-11-9-13(10-12-20)17(22)19-15-8-5-4-7-14(15)18(23)24-2/h4-5,7-8,13H,3,6,9-12H2,1-2H3,(H,19,22). The van der Waals surface area contributed by atoms with Crippen LogP contribution in [0.4, 0.5) is 5.69 Å². The van der Waals surface area contributed by atoms with Crippen molar-refractivity contribution in [1.82, 2.24) is 4.90 Å². The topological polar surface area (TPSA) is 75.7 Å². The maximum Gasteiger partial charge on any atom is 0.339 e. The molecule has 0 aliphatic carbocycles. The lowest BCUT2D eigenvalue weighted by atomic mass is 9.95. The molecule has 130 valence electrons. The van der Waals surface area contributed by atoms with Crippen molar-refractivity contribution < 1.29 is 19.1 Å². The predicted molar refractivity (Wildman–Crippen MR) is 90.6 cm³/mol. The minimum absolute atomic E-state index is 0.117. The van der Waals surface area contributed by atoms with E-state index in [-0.39, 0.29) is 17.7 Å². The maximum atomic E-state index is 12.5. The molecule has 0 spiro atoms. The number of nitrogens with one attached hydrogen (secondary N) is 1. The molecule has 0 radical (unpaired) electrons. The molecular weight excluding hydrogens is 308 g/mol. The Kier molecular flexibility index (Phi) is 6.35. The first-order chi connectivity index (χ1) is 11.6. The first-order valence-corrected chi connectivity index (χ1v) is 8.32. The molecule has 2 rings (SSSR count). The van der Waals surface area contributed by atoms with Crippen LogP contribution in [0.15, 0.2) is 24.3 Å². The fourth-order valence-electron chi connectivity index (χ4n) is 2.88. The number of likely N-dealkylation sites (tertiary alicyclic amines) is 1. The van der Waals surface area contributed by atoms with Gasteiger partial charge in [-0.05, 0) is 31.4 Å². The molecule has 1 fully saturated rings. The Morgan fingerprint density at radius 1 is 1.21 bits per heavy atom. The summed E-state index contributed by atoms with van der Waals surface area (Å²) in [5.41, 5.74) is 0.794. The van der Waals surface area contributed by atoms with Crippen molar-refractivity contribution in [3.8, 4) is 0 Å². The molecule has 6 nitrogen and oxygen atoms in total. The summed E-state index contributed by atoms with van der Waals surface area (Å²) in [5.74, 6) is -0.589. The van der Waals surface area contributed by atoms with Gasteiger partial charge in [-0.1, -0.05) is 19.1 Å². The lowest BCUT2D eigenvalue weighted by molar-refractivity contribution is -0.134. The average Bonchev–Trinajstić information content (AvgIpc) is 2.62. The Balaban J connectivity index is 1.95. The van der Waals surface area contributed by atoms with Gasteiger partial charge in [0.05, 0.1) is 18.4 Å². The van der Waals surface area contributed by atoms with Crippen LogP contribution >= 0.6 is 0 Å². The molecule has 1 aliphatic heterocycles. The SMILES string of the molecule is CCCC(=O)N1CCC(C(=O)Nc2ccccc2C(=O)OC)CC1. The third-order valence-electron chi connectivity index (χ3n) is 4.27. The first kappa shape index (κ1) is 18.0. The lowest BCUT2D eigenvalue weighted by Crippen LogP contribution is -2.41. The third kappa shape index (κ3) is 4.34. The summed E-state index contributed by atoms with van der Waals surface area (Å²) >= 11 is 0. The molecule has 0 unspecified atom stereocenters. The van der Waals surface area contributed by atoms with Crippen LogP contribution in [-0.4, -0.2) is 42.9 Å². The van der Waals surface area contributed by atoms with E-state index in [9.17, 15) is 14.4 Å². The molecule has 0 saturated carbocycles. The van der Waals surface area contributed by atoms with Crippen molar-refractivity contribution in [3.05, 3.63) is 29.8 Å². The smallest absolute Gasteiger partial charge is 0.339 e. The summed E-state index contributed by atoms with van der Waals surface area (Å²) in [7, 11) is 1.31. The normalized spacial score (nSPS) is 15.0. The number of carbonyl (C=O) groups excluding carboxylic acids is 3. The molecule has 24 heavy (non-hydrogen) atoms. The van der Waals surface area contributed by atoms with Gasteiger partial charge >= 0.3 is 5.97 Å². The average molecular weight is 332 g/mol. The van der Waals surface area contributed by atoms with E-state index in [4.69, 9.17) is 4.74 Å². The van der Waals surface area contributed by atoms with Gasteiger partial charge in [0.15, 0.2) is 0 Å². The number of benzene rings is 1. The number of rotatable bonds is 5. The van der Waals surface area contributed by atoms with Gasteiger partial charge < -0.3 is 15.0 Å². The maximum absolute atomic E-state index is 12.5. The summed E-state index contributed by atoms with van der Waals surface area (Å²) < 4.78 is 4.73. The van der Waals surface area contributed by atoms with E-state index in [1.807, 2.05) is 11.8 Å². The van der Waals surface area contributed by atoms with Crippen LogP contribution in [-0.2, 0) is 14.3 Å². The number of carbonyl (C=O) groups is 3. The van der Waals surface area contributed by atoms with Crippen LogP contribution in [0.2, 0.25) is 0 Å². The molecule has 1 aliphatic rings. The highest BCUT2D eigenvalue weighted by Crippen LogP contribution is 2.22. The Bertz CT molecular complexity index is 607. The monoisotopic (exact) mass is 332 g/mol. The van der Waals surface area contributed by atoms with Gasteiger partial charge in [0.2, 0.25) is 11.8 Å². The lowest BCUT2D eigenvalue weighted by Gasteiger charge is -2.31. The van der Waals surface area contributed by atoms with Gasteiger partial charge in [-0.25, -0.2) is 4.79 Å². The Morgan fingerprint density at radius 3 is 2.50 bits per heavy atom. The van der Waals surface area contributed by atoms with Crippen LogP contribution in [0.25, 0.3) is 0 Å². The molecule has 0 bridgehead atoms. The van der Waals surface area contributed by atoms with E-state index in [1.54, 1.807) is 24.3 Å². The molecule has 1 aromatic carbocycles. The molecule has 1 heterocycles. The molecular formula is C18H24N2O4. The number of piperidine rings is 1. The van der Waals surface area contributed by atoms with Crippen LogP contribution in [0.5, 0.6) is 0 Å². The Labute approximate surface area is 142 Å². The van der Waals surface area contributed by atoms with Crippen LogP contribution in [0.3, 0.4) is 0 Å². The highest BCUT2D eigenvalue weighted by Gasteiger charge is 2.27. The molecule has 1 aromatic rings. The number of amides is 2. The van der Waals surface area contributed by atoms with E-state index >= 15 is 0 Å². The Morgan fingerprint density at radius 2 is 1.88 bits per heavy atom. The van der Waals surface area contributed by atoms with E-state index in [1.165, 1.54) is 7.11 Å².